The van der Waals surface area contributed by atoms with E-state index in [1.54, 1.807) is 0 Å². The van der Waals surface area contributed by atoms with Crippen LogP contribution in [-0.2, 0) is 0 Å². The number of hydrogen-bond acceptors (Lipinski definition) is 2. The van der Waals surface area contributed by atoms with E-state index >= 15 is 0 Å². The first-order valence-electron chi connectivity index (χ1n) is 5.50. The molecule has 4 atom stereocenters. The first-order valence-corrected chi connectivity index (χ1v) is 5.50. The highest BCUT2D eigenvalue weighted by Crippen LogP contribution is 2.26. The van der Waals surface area contributed by atoms with Crippen LogP contribution in [0.1, 0.15) is 34.1 Å². The Balaban J connectivity index is 2.50. The van der Waals surface area contributed by atoms with Gasteiger partial charge in [-0.1, -0.05) is 13.8 Å². The van der Waals surface area contributed by atoms with Crippen LogP contribution in [-0.4, -0.2) is 30.1 Å². The first-order chi connectivity index (χ1) is 6.00. The van der Waals surface area contributed by atoms with Crippen molar-refractivity contribution in [1.29, 1.82) is 0 Å². The number of nitrogens with zero attached hydrogens (tertiary/aromatic N) is 1. The molecule has 1 aliphatic heterocycles. The molecule has 2 N–H and O–H groups in total. The molecular formula is C11H24N2. The highest BCUT2D eigenvalue weighted by atomic mass is 15.2. The van der Waals surface area contributed by atoms with Crippen LogP contribution in [0.25, 0.3) is 0 Å². The average molecular weight is 184 g/mol. The van der Waals surface area contributed by atoms with Crippen LogP contribution in [0, 0.1) is 11.8 Å². The van der Waals surface area contributed by atoms with Gasteiger partial charge in [0.15, 0.2) is 0 Å². The van der Waals surface area contributed by atoms with Crippen LogP contribution < -0.4 is 5.73 Å². The zero-order valence-electron chi connectivity index (χ0n) is 9.46. The third-order valence-corrected chi connectivity index (χ3v) is 3.24. The fraction of sp³-hybridized carbons (Fsp3) is 1.00. The maximum atomic E-state index is 5.83. The van der Waals surface area contributed by atoms with Crippen LogP contribution in [0.4, 0.5) is 0 Å². The van der Waals surface area contributed by atoms with Crippen molar-refractivity contribution < 1.29 is 0 Å². The Bertz CT molecular complexity index is 154. The molecule has 4 unspecified atom stereocenters. The van der Waals surface area contributed by atoms with Crippen molar-refractivity contribution in [2.45, 2.75) is 46.2 Å². The summed E-state index contributed by atoms with van der Waals surface area (Å²) >= 11 is 0. The minimum Gasteiger partial charge on any atom is -0.327 e. The van der Waals surface area contributed by atoms with E-state index in [4.69, 9.17) is 5.73 Å². The topological polar surface area (TPSA) is 29.3 Å². The third kappa shape index (κ3) is 2.96. The molecule has 1 saturated heterocycles. The van der Waals surface area contributed by atoms with Gasteiger partial charge in [0, 0.05) is 25.2 Å². The molecule has 1 aliphatic rings. The van der Waals surface area contributed by atoms with E-state index < -0.39 is 0 Å². The molecule has 1 fully saturated rings. The first kappa shape index (κ1) is 11.0. The van der Waals surface area contributed by atoms with Gasteiger partial charge in [-0.15, -0.1) is 0 Å². The second-order valence-corrected chi connectivity index (χ2v) is 4.99. The zero-order chi connectivity index (χ0) is 10.0. The van der Waals surface area contributed by atoms with Crippen LogP contribution in [0.15, 0.2) is 0 Å². The summed E-state index contributed by atoms with van der Waals surface area (Å²) in [5.74, 6) is 1.66. The summed E-state index contributed by atoms with van der Waals surface area (Å²) in [6, 6.07) is 1.02. The molecule has 0 spiro atoms. The summed E-state index contributed by atoms with van der Waals surface area (Å²) < 4.78 is 0. The summed E-state index contributed by atoms with van der Waals surface area (Å²) in [6.45, 7) is 11.4. The van der Waals surface area contributed by atoms with Gasteiger partial charge in [-0.2, -0.15) is 0 Å². The molecule has 2 nitrogen and oxygen atoms in total. The van der Waals surface area contributed by atoms with E-state index in [1.165, 1.54) is 13.0 Å². The minimum absolute atomic E-state index is 0.306. The van der Waals surface area contributed by atoms with Gasteiger partial charge in [0.1, 0.15) is 0 Å². The van der Waals surface area contributed by atoms with Crippen molar-refractivity contribution in [3.05, 3.63) is 0 Å². The molecular weight excluding hydrogens is 160 g/mol. The third-order valence-electron chi connectivity index (χ3n) is 3.24. The van der Waals surface area contributed by atoms with Crippen LogP contribution in [0.5, 0.6) is 0 Å². The maximum Gasteiger partial charge on any atom is 0.0139 e. The van der Waals surface area contributed by atoms with Gasteiger partial charge < -0.3 is 5.73 Å². The fourth-order valence-corrected chi connectivity index (χ4v) is 2.44. The average Bonchev–Trinajstić information content (AvgIpc) is 1.98. The molecule has 2 heteroatoms. The lowest BCUT2D eigenvalue weighted by Crippen LogP contribution is -2.49. The Kier molecular flexibility index (Phi) is 3.74. The molecule has 0 radical (unpaired) electrons. The van der Waals surface area contributed by atoms with Crippen molar-refractivity contribution in [2.75, 3.05) is 13.1 Å². The van der Waals surface area contributed by atoms with Crippen molar-refractivity contribution in [1.82, 2.24) is 4.90 Å². The van der Waals surface area contributed by atoms with Crippen molar-refractivity contribution >= 4 is 0 Å². The number of hydrogen-bond donors (Lipinski definition) is 1. The molecule has 0 bridgehead atoms. The van der Waals surface area contributed by atoms with E-state index in [2.05, 4.69) is 32.6 Å². The molecule has 78 valence electrons. The number of nitrogens with two attached hydrogens (primary N) is 1. The Morgan fingerprint density at radius 2 is 2.00 bits per heavy atom. The Morgan fingerprint density at radius 1 is 1.38 bits per heavy atom. The maximum absolute atomic E-state index is 5.83. The fourth-order valence-electron chi connectivity index (χ4n) is 2.44. The lowest BCUT2D eigenvalue weighted by Gasteiger charge is -2.41. The standard InChI is InChI=1S/C11H24N2/c1-8-5-9(2)11(4)13(6-8)7-10(3)12/h8-11H,5-7,12H2,1-4H3. The predicted octanol–water partition coefficient (Wildman–Crippen LogP) is 1.70. The van der Waals surface area contributed by atoms with Gasteiger partial charge in [0.25, 0.3) is 0 Å². The molecule has 0 aliphatic carbocycles. The van der Waals surface area contributed by atoms with Gasteiger partial charge in [0.05, 0.1) is 0 Å². The Morgan fingerprint density at radius 3 is 2.54 bits per heavy atom. The summed E-state index contributed by atoms with van der Waals surface area (Å²) in [6.07, 6.45) is 1.37. The zero-order valence-corrected chi connectivity index (χ0v) is 9.46. The second-order valence-electron chi connectivity index (χ2n) is 4.99. The molecule has 0 aromatic rings. The van der Waals surface area contributed by atoms with Gasteiger partial charge in [-0.25, -0.2) is 0 Å². The smallest absolute Gasteiger partial charge is 0.0139 e. The SMILES string of the molecule is CC(N)CN1CC(C)CC(C)C1C. The van der Waals surface area contributed by atoms with Crippen LogP contribution in [0.2, 0.25) is 0 Å². The quantitative estimate of drug-likeness (QED) is 0.708. The molecule has 0 amide bonds. The number of piperidine rings is 1. The minimum atomic E-state index is 0.306. The van der Waals surface area contributed by atoms with E-state index in [9.17, 15) is 0 Å². The monoisotopic (exact) mass is 184 g/mol. The van der Waals surface area contributed by atoms with Crippen molar-refractivity contribution in [2.24, 2.45) is 17.6 Å². The van der Waals surface area contributed by atoms with E-state index in [-0.39, 0.29) is 0 Å². The van der Waals surface area contributed by atoms with Gasteiger partial charge >= 0.3 is 0 Å². The highest BCUT2D eigenvalue weighted by Gasteiger charge is 2.28. The van der Waals surface area contributed by atoms with Gasteiger partial charge in [0.2, 0.25) is 0 Å². The molecule has 1 rings (SSSR count). The summed E-state index contributed by atoms with van der Waals surface area (Å²) in [5.41, 5.74) is 5.83. The Labute approximate surface area is 82.5 Å². The van der Waals surface area contributed by atoms with E-state index in [0.717, 1.165) is 18.4 Å². The van der Waals surface area contributed by atoms with E-state index in [1.807, 2.05) is 0 Å². The normalized spacial score (nSPS) is 39.0. The molecule has 13 heavy (non-hydrogen) atoms. The Hall–Kier alpha value is -0.0800. The summed E-state index contributed by atoms with van der Waals surface area (Å²) in [5, 5.41) is 0. The van der Waals surface area contributed by atoms with E-state index in [0.29, 0.717) is 12.1 Å². The lowest BCUT2D eigenvalue weighted by molar-refractivity contribution is 0.0758. The van der Waals surface area contributed by atoms with Crippen LogP contribution >= 0.6 is 0 Å². The molecule has 1 heterocycles. The van der Waals surface area contributed by atoms with Gasteiger partial charge in [-0.3, -0.25) is 4.90 Å². The lowest BCUT2D eigenvalue weighted by atomic mass is 9.86. The van der Waals surface area contributed by atoms with Crippen molar-refractivity contribution in [3.63, 3.8) is 0 Å². The van der Waals surface area contributed by atoms with Crippen LogP contribution in [0.3, 0.4) is 0 Å². The summed E-state index contributed by atoms with van der Waals surface area (Å²) in [4.78, 5) is 2.55. The second kappa shape index (κ2) is 4.43. The van der Waals surface area contributed by atoms with Gasteiger partial charge in [-0.05, 0) is 32.1 Å². The largest absolute Gasteiger partial charge is 0.327 e. The predicted molar refractivity (Wildman–Crippen MR) is 57.6 cm³/mol. The summed E-state index contributed by atoms with van der Waals surface area (Å²) in [7, 11) is 0. The highest BCUT2D eigenvalue weighted by molar-refractivity contribution is 4.83. The molecule has 0 saturated carbocycles. The van der Waals surface area contributed by atoms with Crippen molar-refractivity contribution in [3.8, 4) is 0 Å². The number of rotatable bonds is 2. The number of likely N-dealkylation sites (tertiary alicyclic amines) is 1. The molecule has 0 aromatic carbocycles. The molecule has 0 aromatic heterocycles.